The number of carbonyl (C=O) groups is 2. The van der Waals surface area contributed by atoms with E-state index in [1.54, 1.807) is 24.3 Å². The molecule has 8 heteroatoms. The van der Waals surface area contributed by atoms with Crippen molar-refractivity contribution >= 4 is 33.3 Å². The molecular weight excluding hydrogens is 306 g/mol. The largest absolute Gasteiger partial charge is 0.480 e. The van der Waals surface area contributed by atoms with Crippen LogP contribution < -0.4 is 5.32 Å². The summed E-state index contributed by atoms with van der Waals surface area (Å²) in [5.74, 6) is -3.07. The average Bonchev–Trinajstić information content (AvgIpc) is 2.30. The fraction of sp³-hybridized carbons (Fsp3) is 0.333. The van der Waals surface area contributed by atoms with Gasteiger partial charge in [0, 0.05) is 11.9 Å². The van der Waals surface area contributed by atoms with Crippen molar-refractivity contribution in [3.63, 3.8) is 0 Å². The number of nitrogens with one attached hydrogen (secondary N) is 1. The van der Waals surface area contributed by atoms with Gasteiger partial charge in [-0.05, 0) is 11.6 Å². The minimum absolute atomic E-state index is 0.294. The first-order valence-electron chi connectivity index (χ1n) is 5.65. The molecule has 0 aromatic heterocycles. The first-order valence-corrected chi connectivity index (χ1v) is 7.85. The van der Waals surface area contributed by atoms with Gasteiger partial charge in [0.15, 0.2) is 9.84 Å². The molecule has 0 saturated carbocycles. The molecule has 0 aliphatic rings. The number of carbonyl (C=O) groups excluding carboxylic acids is 1. The number of carboxylic acids is 1. The van der Waals surface area contributed by atoms with Gasteiger partial charge < -0.3 is 10.4 Å². The number of sulfone groups is 1. The average molecular weight is 320 g/mol. The van der Waals surface area contributed by atoms with Gasteiger partial charge >= 0.3 is 5.97 Å². The van der Waals surface area contributed by atoms with E-state index < -0.39 is 33.5 Å². The summed E-state index contributed by atoms with van der Waals surface area (Å²) >= 11 is 5.86. The Bertz CT molecular complexity index is 614. The van der Waals surface area contributed by atoms with E-state index in [0.717, 1.165) is 6.92 Å². The number of hydrogen-bond acceptors (Lipinski definition) is 4. The van der Waals surface area contributed by atoms with E-state index >= 15 is 0 Å². The molecule has 0 aliphatic carbocycles. The van der Waals surface area contributed by atoms with Crippen LogP contribution >= 0.6 is 11.6 Å². The highest BCUT2D eigenvalue weighted by Gasteiger charge is 2.26. The Kier molecular flexibility index (Phi) is 5.52. The van der Waals surface area contributed by atoms with Crippen LogP contribution in [0.5, 0.6) is 0 Å². The first-order chi connectivity index (χ1) is 9.21. The van der Waals surface area contributed by atoms with Crippen molar-refractivity contribution in [1.29, 1.82) is 0 Å². The maximum Gasteiger partial charge on any atom is 0.327 e. The highest BCUT2D eigenvalue weighted by atomic mass is 35.5. The van der Waals surface area contributed by atoms with Crippen molar-refractivity contribution in [1.82, 2.24) is 5.32 Å². The summed E-state index contributed by atoms with van der Waals surface area (Å²) in [5.41, 5.74) is 0.390. The Hall–Kier alpha value is -1.60. The maximum absolute atomic E-state index is 12.0. The van der Waals surface area contributed by atoms with Gasteiger partial charge in [0.05, 0.1) is 11.5 Å². The lowest BCUT2D eigenvalue weighted by molar-refractivity contribution is -0.140. The molecule has 1 unspecified atom stereocenters. The van der Waals surface area contributed by atoms with Crippen molar-refractivity contribution in [2.75, 3.05) is 5.75 Å². The summed E-state index contributed by atoms with van der Waals surface area (Å²) < 4.78 is 24.0. The van der Waals surface area contributed by atoms with Gasteiger partial charge in [-0.25, -0.2) is 13.2 Å². The zero-order valence-electron chi connectivity index (χ0n) is 10.7. The zero-order valence-corrected chi connectivity index (χ0v) is 12.2. The summed E-state index contributed by atoms with van der Waals surface area (Å²) in [6, 6.07) is 4.93. The van der Waals surface area contributed by atoms with Crippen LogP contribution in [0.1, 0.15) is 12.5 Å². The lowest BCUT2D eigenvalue weighted by atomic mass is 10.2. The molecule has 0 aliphatic heterocycles. The highest BCUT2D eigenvalue weighted by molar-refractivity contribution is 7.90. The Labute approximate surface area is 121 Å². The molecule has 0 radical (unpaired) electrons. The van der Waals surface area contributed by atoms with Crippen LogP contribution in [0.4, 0.5) is 0 Å². The predicted molar refractivity (Wildman–Crippen MR) is 74.2 cm³/mol. The van der Waals surface area contributed by atoms with E-state index in [-0.39, 0.29) is 5.75 Å². The molecule has 20 heavy (non-hydrogen) atoms. The Morgan fingerprint density at radius 1 is 1.35 bits per heavy atom. The summed E-state index contributed by atoms with van der Waals surface area (Å²) in [4.78, 5) is 21.8. The molecule has 2 N–H and O–H groups in total. The number of benzene rings is 1. The van der Waals surface area contributed by atoms with Crippen molar-refractivity contribution in [2.45, 2.75) is 18.7 Å². The lowest BCUT2D eigenvalue weighted by Crippen LogP contribution is -2.44. The molecule has 0 saturated heterocycles. The highest BCUT2D eigenvalue weighted by Crippen LogP contribution is 2.18. The summed E-state index contributed by atoms with van der Waals surface area (Å²) in [6.07, 6.45) is 0. The van der Waals surface area contributed by atoms with Gasteiger partial charge in [0.2, 0.25) is 5.91 Å². The van der Waals surface area contributed by atoms with E-state index in [0.29, 0.717) is 10.6 Å². The third kappa shape index (κ3) is 5.18. The monoisotopic (exact) mass is 319 g/mol. The molecule has 110 valence electrons. The van der Waals surface area contributed by atoms with E-state index in [1.807, 2.05) is 0 Å². The number of aliphatic carboxylic acids is 1. The van der Waals surface area contributed by atoms with Gasteiger partial charge in [-0.15, -0.1) is 0 Å². The fourth-order valence-corrected chi connectivity index (χ4v) is 3.44. The van der Waals surface area contributed by atoms with Crippen molar-refractivity contribution in [3.8, 4) is 0 Å². The standard InChI is InChI=1S/C12H14ClNO5S/c1-8(15)14-11(12(16)17)7-20(18,19)6-9-4-2-3-5-10(9)13/h2-5,11H,6-7H2,1H3,(H,14,15)(H,16,17). The smallest absolute Gasteiger partial charge is 0.327 e. The molecule has 1 aromatic carbocycles. The van der Waals surface area contributed by atoms with Crippen LogP contribution in [0.25, 0.3) is 0 Å². The second-order valence-corrected chi connectivity index (χ2v) is 6.75. The minimum Gasteiger partial charge on any atom is -0.480 e. The predicted octanol–water partition coefficient (Wildman–Crippen LogP) is 0.844. The minimum atomic E-state index is -3.73. The second-order valence-electron chi connectivity index (χ2n) is 4.24. The van der Waals surface area contributed by atoms with Crippen LogP contribution in [-0.2, 0) is 25.2 Å². The third-order valence-electron chi connectivity index (χ3n) is 2.43. The molecule has 1 amide bonds. The number of halogens is 1. The molecule has 1 aromatic rings. The van der Waals surface area contributed by atoms with Crippen LogP contribution in [0.2, 0.25) is 5.02 Å². The third-order valence-corrected chi connectivity index (χ3v) is 4.39. The summed E-state index contributed by atoms with van der Waals surface area (Å²) in [5, 5.41) is 11.3. The molecular formula is C12H14ClNO5S. The number of amides is 1. The number of rotatable bonds is 6. The zero-order chi connectivity index (χ0) is 15.3. The summed E-state index contributed by atoms with van der Waals surface area (Å²) in [6.45, 7) is 1.12. The van der Waals surface area contributed by atoms with E-state index in [4.69, 9.17) is 16.7 Å². The Morgan fingerprint density at radius 2 is 1.95 bits per heavy atom. The number of carboxylic acid groups (broad SMARTS) is 1. The van der Waals surface area contributed by atoms with Gasteiger partial charge in [-0.1, -0.05) is 29.8 Å². The molecule has 1 rings (SSSR count). The normalized spacial score (nSPS) is 12.7. The van der Waals surface area contributed by atoms with Gasteiger partial charge in [0.25, 0.3) is 0 Å². The lowest BCUT2D eigenvalue weighted by Gasteiger charge is -2.14. The van der Waals surface area contributed by atoms with Crippen LogP contribution in [-0.4, -0.2) is 37.2 Å². The Balaban J connectivity index is 2.86. The van der Waals surface area contributed by atoms with Crippen molar-refractivity contribution in [2.24, 2.45) is 0 Å². The Morgan fingerprint density at radius 3 is 2.45 bits per heavy atom. The molecule has 1 atom stereocenters. The second kappa shape index (κ2) is 6.71. The maximum atomic E-state index is 12.0. The van der Waals surface area contributed by atoms with Gasteiger partial charge in [-0.3, -0.25) is 4.79 Å². The quantitative estimate of drug-likeness (QED) is 0.809. The summed E-state index contributed by atoms with van der Waals surface area (Å²) in [7, 11) is -3.73. The van der Waals surface area contributed by atoms with E-state index in [2.05, 4.69) is 5.32 Å². The molecule has 0 spiro atoms. The van der Waals surface area contributed by atoms with Gasteiger partial charge in [-0.2, -0.15) is 0 Å². The van der Waals surface area contributed by atoms with E-state index in [1.165, 1.54) is 0 Å². The fourth-order valence-electron chi connectivity index (χ4n) is 1.59. The molecule has 6 nitrogen and oxygen atoms in total. The molecule has 0 bridgehead atoms. The van der Waals surface area contributed by atoms with Crippen LogP contribution in [0.3, 0.4) is 0 Å². The molecule has 0 fully saturated rings. The topological polar surface area (TPSA) is 101 Å². The van der Waals surface area contributed by atoms with Crippen LogP contribution in [0, 0.1) is 0 Å². The van der Waals surface area contributed by atoms with Crippen molar-refractivity contribution < 1.29 is 23.1 Å². The van der Waals surface area contributed by atoms with Crippen molar-refractivity contribution in [3.05, 3.63) is 34.9 Å². The van der Waals surface area contributed by atoms with Crippen LogP contribution in [0.15, 0.2) is 24.3 Å². The van der Waals surface area contributed by atoms with E-state index in [9.17, 15) is 18.0 Å². The first kappa shape index (κ1) is 16.5. The SMILES string of the molecule is CC(=O)NC(CS(=O)(=O)Cc1ccccc1Cl)C(=O)O. The molecule has 0 heterocycles. The van der Waals surface area contributed by atoms with Gasteiger partial charge in [0.1, 0.15) is 6.04 Å². The number of hydrogen-bond donors (Lipinski definition) is 2.